The van der Waals surface area contributed by atoms with E-state index < -0.39 is 0 Å². The number of aryl methyl sites for hydroxylation is 1. The standard InChI is InChI=1S/C15H24N4/c1-12-4-3-5-14(10-12)19-8-6-18(7-9-19)13(2)11-15(16)17/h3-5,10,13H,6-9,11H2,1-2H3,(H3,16,17). The van der Waals surface area contributed by atoms with Gasteiger partial charge in [-0.1, -0.05) is 12.1 Å². The van der Waals surface area contributed by atoms with E-state index >= 15 is 0 Å². The molecule has 1 unspecified atom stereocenters. The molecule has 0 radical (unpaired) electrons. The monoisotopic (exact) mass is 260 g/mol. The van der Waals surface area contributed by atoms with Crippen LogP contribution in [-0.2, 0) is 0 Å². The summed E-state index contributed by atoms with van der Waals surface area (Å²) in [5.41, 5.74) is 8.11. The van der Waals surface area contributed by atoms with Gasteiger partial charge in [0.15, 0.2) is 0 Å². The molecular formula is C15H24N4. The SMILES string of the molecule is Cc1cccc(N2CCN(C(C)CC(=N)N)CC2)c1. The van der Waals surface area contributed by atoms with Gasteiger partial charge in [0, 0.05) is 44.3 Å². The summed E-state index contributed by atoms with van der Waals surface area (Å²) >= 11 is 0. The van der Waals surface area contributed by atoms with Crippen LogP contribution in [0, 0.1) is 12.3 Å². The van der Waals surface area contributed by atoms with Crippen molar-refractivity contribution in [2.45, 2.75) is 26.3 Å². The van der Waals surface area contributed by atoms with Crippen LogP contribution in [0.5, 0.6) is 0 Å². The minimum Gasteiger partial charge on any atom is -0.388 e. The van der Waals surface area contributed by atoms with Crippen LogP contribution in [-0.4, -0.2) is 43.0 Å². The van der Waals surface area contributed by atoms with E-state index in [0.717, 1.165) is 26.2 Å². The van der Waals surface area contributed by atoms with Crippen LogP contribution in [0.25, 0.3) is 0 Å². The lowest BCUT2D eigenvalue weighted by Crippen LogP contribution is -2.50. The number of nitrogens with zero attached hydrogens (tertiary/aromatic N) is 2. The van der Waals surface area contributed by atoms with Gasteiger partial charge in [-0.2, -0.15) is 0 Å². The summed E-state index contributed by atoms with van der Waals surface area (Å²) in [6.07, 6.45) is 0.671. The molecule has 3 N–H and O–H groups in total. The smallest absolute Gasteiger partial charge is 0.0920 e. The Kier molecular flexibility index (Phi) is 4.43. The quantitative estimate of drug-likeness (QED) is 0.641. The molecule has 1 aliphatic heterocycles. The molecule has 0 amide bonds. The number of nitrogens with two attached hydrogens (primary N) is 1. The largest absolute Gasteiger partial charge is 0.388 e. The van der Waals surface area contributed by atoms with E-state index in [4.69, 9.17) is 11.1 Å². The Labute approximate surface area is 115 Å². The molecule has 0 saturated carbocycles. The predicted octanol–water partition coefficient (Wildman–Crippen LogP) is 1.83. The second-order valence-corrected chi connectivity index (χ2v) is 5.44. The van der Waals surface area contributed by atoms with E-state index in [9.17, 15) is 0 Å². The minimum atomic E-state index is 0.286. The molecule has 0 aromatic heterocycles. The number of amidine groups is 1. The Morgan fingerprint density at radius 3 is 2.58 bits per heavy atom. The van der Waals surface area contributed by atoms with Crippen molar-refractivity contribution in [1.82, 2.24) is 4.90 Å². The second-order valence-electron chi connectivity index (χ2n) is 5.44. The van der Waals surface area contributed by atoms with Gasteiger partial charge in [-0.25, -0.2) is 0 Å². The highest BCUT2D eigenvalue weighted by Gasteiger charge is 2.21. The van der Waals surface area contributed by atoms with Crippen molar-refractivity contribution < 1.29 is 0 Å². The maximum Gasteiger partial charge on any atom is 0.0920 e. The van der Waals surface area contributed by atoms with E-state index in [1.165, 1.54) is 11.3 Å². The molecule has 1 atom stereocenters. The highest BCUT2D eigenvalue weighted by atomic mass is 15.3. The number of hydrogen-bond donors (Lipinski definition) is 2. The van der Waals surface area contributed by atoms with Crippen LogP contribution in [0.2, 0.25) is 0 Å². The average Bonchev–Trinajstić information content (AvgIpc) is 2.38. The molecule has 1 saturated heterocycles. The molecule has 1 aromatic rings. The van der Waals surface area contributed by atoms with Gasteiger partial charge in [-0.15, -0.1) is 0 Å². The Balaban J connectivity index is 1.90. The number of rotatable bonds is 4. The molecule has 1 aromatic carbocycles. The fourth-order valence-corrected chi connectivity index (χ4v) is 2.69. The van der Waals surface area contributed by atoms with Crippen LogP contribution in [0.1, 0.15) is 18.9 Å². The van der Waals surface area contributed by atoms with Gasteiger partial charge < -0.3 is 10.6 Å². The van der Waals surface area contributed by atoms with Gasteiger partial charge >= 0.3 is 0 Å². The summed E-state index contributed by atoms with van der Waals surface area (Å²) in [5, 5.41) is 7.38. The fraction of sp³-hybridized carbons (Fsp3) is 0.533. The molecule has 1 heterocycles. The highest BCUT2D eigenvalue weighted by molar-refractivity contribution is 5.77. The Morgan fingerprint density at radius 1 is 1.32 bits per heavy atom. The van der Waals surface area contributed by atoms with Crippen molar-refractivity contribution >= 4 is 11.5 Å². The third-order valence-electron chi connectivity index (χ3n) is 3.82. The number of piperazine rings is 1. The van der Waals surface area contributed by atoms with Gasteiger partial charge in [0.1, 0.15) is 0 Å². The maximum atomic E-state index is 7.38. The summed E-state index contributed by atoms with van der Waals surface area (Å²) in [7, 11) is 0. The van der Waals surface area contributed by atoms with Crippen molar-refractivity contribution in [2.75, 3.05) is 31.1 Å². The van der Waals surface area contributed by atoms with E-state index in [0.29, 0.717) is 12.5 Å². The van der Waals surface area contributed by atoms with Gasteiger partial charge in [-0.3, -0.25) is 10.3 Å². The Hall–Kier alpha value is -1.55. The van der Waals surface area contributed by atoms with Crippen molar-refractivity contribution in [2.24, 2.45) is 5.73 Å². The topological polar surface area (TPSA) is 56.4 Å². The second kappa shape index (κ2) is 6.06. The molecule has 0 bridgehead atoms. The first-order valence-electron chi connectivity index (χ1n) is 6.95. The lowest BCUT2D eigenvalue weighted by Gasteiger charge is -2.39. The van der Waals surface area contributed by atoms with Gasteiger partial charge in [0.05, 0.1) is 5.84 Å². The summed E-state index contributed by atoms with van der Waals surface area (Å²) < 4.78 is 0. The molecule has 4 heteroatoms. The number of hydrogen-bond acceptors (Lipinski definition) is 3. The minimum absolute atomic E-state index is 0.286. The molecule has 2 rings (SSSR count). The molecule has 104 valence electrons. The zero-order chi connectivity index (χ0) is 13.8. The normalized spacial score (nSPS) is 18.3. The van der Waals surface area contributed by atoms with Crippen molar-refractivity contribution in [1.29, 1.82) is 5.41 Å². The molecule has 1 aliphatic rings. The van der Waals surface area contributed by atoms with Crippen molar-refractivity contribution in [3.8, 4) is 0 Å². The predicted molar refractivity (Wildman–Crippen MR) is 81.0 cm³/mol. The molecule has 19 heavy (non-hydrogen) atoms. The zero-order valence-electron chi connectivity index (χ0n) is 11.9. The maximum absolute atomic E-state index is 7.38. The first-order valence-corrected chi connectivity index (χ1v) is 6.95. The zero-order valence-corrected chi connectivity index (χ0v) is 11.9. The van der Waals surface area contributed by atoms with Crippen LogP contribution in [0.15, 0.2) is 24.3 Å². The van der Waals surface area contributed by atoms with E-state index in [1.807, 2.05) is 0 Å². The molecular weight excluding hydrogens is 236 g/mol. The molecule has 0 spiro atoms. The lowest BCUT2D eigenvalue weighted by molar-refractivity contribution is 0.201. The van der Waals surface area contributed by atoms with Gasteiger partial charge in [0.25, 0.3) is 0 Å². The fourth-order valence-electron chi connectivity index (χ4n) is 2.69. The summed E-state index contributed by atoms with van der Waals surface area (Å²) in [6.45, 7) is 8.47. The summed E-state index contributed by atoms with van der Waals surface area (Å²) in [4.78, 5) is 4.86. The number of nitrogens with one attached hydrogen (secondary N) is 1. The van der Waals surface area contributed by atoms with E-state index in [1.54, 1.807) is 0 Å². The molecule has 0 aliphatic carbocycles. The van der Waals surface area contributed by atoms with Crippen LogP contribution in [0.3, 0.4) is 0 Å². The van der Waals surface area contributed by atoms with Gasteiger partial charge in [0.2, 0.25) is 0 Å². The lowest BCUT2D eigenvalue weighted by atomic mass is 10.1. The molecule has 4 nitrogen and oxygen atoms in total. The third-order valence-corrected chi connectivity index (χ3v) is 3.82. The third kappa shape index (κ3) is 3.70. The molecule has 1 fully saturated rings. The number of anilines is 1. The summed E-state index contributed by atoms with van der Waals surface area (Å²) in [6, 6.07) is 9.05. The summed E-state index contributed by atoms with van der Waals surface area (Å²) in [5.74, 6) is 0.286. The van der Waals surface area contributed by atoms with E-state index in [2.05, 4.69) is 47.9 Å². The van der Waals surface area contributed by atoms with Crippen molar-refractivity contribution in [3.63, 3.8) is 0 Å². The Morgan fingerprint density at radius 2 is 2.00 bits per heavy atom. The first-order chi connectivity index (χ1) is 9.06. The van der Waals surface area contributed by atoms with Gasteiger partial charge in [-0.05, 0) is 31.5 Å². The average molecular weight is 260 g/mol. The Bertz CT molecular complexity index is 436. The highest BCUT2D eigenvalue weighted by Crippen LogP contribution is 2.18. The van der Waals surface area contributed by atoms with E-state index in [-0.39, 0.29) is 5.84 Å². The van der Waals surface area contributed by atoms with Crippen LogP contribution >= 0.6 is 0 Å². The van der Waals surface area contributed by atoms with Crippen molar-refractivity contribution in [3.05, 3.63) is 29.8 Å². The number of benzene rings is 1. The van der Waals surface area contributed by atoms with Crippen LogP contribution in [0.4, 0.5) is 5.69 Å². The first kappa shape index (κ1) is 13.9. The van der Waals surface area contributed by atoms with Crippen LogP contribution < -0.4 is 10.6 Å².